The number of rotatable bonds is 1. The summed E-state index contributed by atoms with van der Waals surface area (Å²) in [6.45, 7) is 1.29. The summed E-state index contributed by atoms with van der Waals surface area (Å²) in [5.41, 5.74) is 3.23. The van der Waals surface area contributed by atoms with Crippen molar-refractivity contribution in [1.82, 2.24) is 4.90 Å². The molecule has 0 saturated carbocycles. The molecule has 0 atom stereocenters. The zero-order valence-electron chi connectivity index (χ0n) is 9.27. The van der Waals surface area contributed by atoms with Gasteiger partial charge in [-0.15, -0.1) is 0 Å². The smallest absolute Gasteiger partial charge is 0.409 e. The van der Waals surface area contributed by atoms with Crippen molar-refractivity contribution in [3.63, 3.8) is 0 Å². The van der Waals surface area contributed by atoms with E-state index < -0.39 is 0 Å². The molecule has 1 aromatic rings. The van der Waals surface area contributed by atoms with Crippen LogP contribution in [0.4, 0.5) is 4.79 Å². The third-order valence-electron chi connectivity index (χ3n) is 2.90. The molecule has 4 nitrogen and oxygen atoms in total. The van der Waals surface area contributed by atoms with Gasteiger partial charge in [0.25, 0.3) is 0 Å². The van der Waals surface area contributed by atoms with E-state index >= 15 is 0 Å². The Morgan fingerprint density at radius 1 is 1.50 bits per heavy atom. The summed E-state index contributed by atoms with van der Waals surface area (Å²) >= 11 is 0. The maximum atomic E-state index is 11.4. The van der Waals surface area contributed by atoms with Gasteiger partial charge in [0, 0.05) is 13.1 Å². The van der Waals surface area contributed by atoms with E-state index in [1.807, 2.05) is 18.2 Å². The molecule has 0 fully saturated rings. The molecule has 0 aliphatic carbocycles. The number of fused-ring (bicyclic) bond motifs is 1. The van der Waals surface area contributed by atoms with Gasteiger partial charge in [0.2, 0.25) is 0 Å². The number of methoxy groups -OCH3 is 1. The van der Waals surface area contributed by atoms with Crippen LogP contribution < -0.4 is 0 Å². The number of ether oxygens (including phenoxy) is 1. The molecular formula is C12H15NO3. The fraction of sp³-hybridized carbons (Fsp3) is 0.417. The van der Waals surface area contributed by atoms with Crippen molar-refractivity contribution < 1.29 is 14.6 Å². The number of carbonyl (C=O) groups excluding carboxylic acids is 1. The molecule has 2 rings (SSSR count). The fourth-order valence-corrected chi connectivity index (χ4v) is 1.99. The Morgan fingerprint density at radius 3 is 3.00 bits per heavy atom. The van der Waals surface area contributed by atoms with E-state index in [2.05, 4.69) is 0 Å². The average Bonchev–Trinajstić information content (AvgIpc) is 2.36. The Hall–Kier alpha value is -1.55. The quantitative estimate of drug-likeness (QED) is 0.777. The number of nitrogens with zero attached hydrogens (tertiary/aromatic N) is 1. The second-order valence-corrected chi connectivity index (χ2v) is 3.90. The molecule has 0 unspecified atom stereocenters. The van der Waals surface area contributed by atoms with E-state index in [0.29, 0.717) is 13.1 Å². The van der Waals surface area contributed by atoms with Crippen LogP contribution in [0.2, 0.25) is 0 Å². The molecular weight excluding hydrogens is 206 g/mol. The molecule has 1 N–H and O–H groups in total. The highest BCUT2D eigenvalue weighted by atomic mass is 16.5. The molecule has 0 aromatic heterocycles. The molecule has 0 bridgehead atoms. The van der Waals surface area contributed by atoms with Crippen molar-refractivity contribution in [3.8, 4) is 0 Å². The molecule has 1 aliphatic heterocycles. The normalized spacial score (nSPS) is 14.5. The minimum Gasteiger partial charge on any atom is -0.453 e. The maximum Gasteiger partial charge on any atom is 0.409 e. The van der Waals surface area contributed by atoms with Crippen LogP contribution in [-0.2, 0) is 24.3 Å². The van der Waals surface area contributed by atoms with E-state index in [4.69, 9.17) is 9.84 Å². The second kappa shape index (κ2) is 4.53. The average molecular weight is 221 g/mol. The lowest BCUT2D eigenvalue weighted by molar-refractivity contribution is 0.118. The number of hydrogen-bond acceptors (Lipinski definition) is 3. The molecule has 4 heteroatoms. The zero-order valence-corrected chi connectivity index (χ0v) is 9.27. The molecule has 86 valence electrons. The number of aliphatic hydroxyl groups excluding tert-OH is 1. The number of amides is 1. The van der Waals surface area contributed by atoms with Gasteiger partial charge in [-0.2, -0.15) is 0 Å². The lowest BCUT2D eigenvalue weighted by Gasteiger charge is -2.27. The first-order chi connectivity index (χ1) is 7.74. The molecule has 16 heavy (non-hydrogen) atoms. The third kappa shape index (κ3) is 2.02. The van der Waals surface area contributed by atoms with E-state index in [9.17, 15) is 4.79 Å². The Kier molecular flexibility index (Phi) is 3.10. The van der Waals surface area contributed by atoms with Gasteiger partial charge >= 0.3 is 6.09 Å². The third-order valence-corrected chi connectivity index (χ3v) is 2.90. The summed E-state index contributed by atoms with van der Waals surface area (Å²) in [4.78, 5) is 13.1. The highest BCUT2D eigenvalue weighted by Gasteiger charge is 2.20. The van der Waals surface area contributed by atoms with Crippen molar-refractivity contribution >= 4 is 6.09 Å². The summed E-state index contributed by atoms with van der Waals surface area (Å²) in [6, 6.07) is 5.90. The van der Waals surface area contributed by atoms with Gasteiger partial charge in [0.15, 0.2) is 0 Å². The highest BCUT2D eigenvalue weighted by molar-refractivity contribution is 5.68. The molecule has 1 aliphatic rings. The van der Waals surface area contributed by atoms with Crippen LogP contribution >= 0.6 is 0 Å². The largest absolute Gasteiger partial charge is 0.453 e. The van der Waals surface area contributed by atoms with Crippen molar-refractivity contribution in [2.45, 2.75) is 19.6 Å². The molecule has 1 aromatic carbocycles. The summed E-state index contributed by atoms with van der Waals surface area (Å²) in [7, 11) is 1.39. The second-order valence-electron chi connectivity index (χ2n) is 3.90. The monoisotopic (exact) mass is 221 g/mol. The van der Waals surface area contributed by atoms with Crippen LogP contribution in [0, 0.1) is 0 Å². The van der Waals surface area contributed by atoms with Crippen LogP contribution in [0.1, 0.15) is 16.7 Å². The highest BCUT2D eigenvalue weighted by Crippen LogP contribution is 2.20. The number of benzene rings is 1. The van der Waals surface area contributed by atoms with Gasteiger partial charge in [-0.1, -0.05) is 18.2 Å². The van der Waals surface area contributed by atoms with Gasteiger partial charge in [-0.25, -0.2) is 4.79 Å². The SMILES string of the molecule is COC(=O)N1CCc2ccc(CO)cc2C1. The Bertz CT molecular complexity index is 403. The van der Waals surface area contributed by atoms with Crippen molar-refractivity contribution in [1.29, 1.82) is 0 Å². The summed E-state index contributed by atoms with van der Waals surface area (Å²) in [5, 5.41) is 9.06. The topological polar surface area (TPSA) is 49.8 Å². The van der Waals surface area contributed by atoms with Gasteiger partial charge in [0.05, 0.1) is 13.7 Å². The van der Waals surface area contributed by atoms with Gasteiger partial charge in [0.1, 0.15) is 0 Å². The molecule has 0 spiro atoms. The van der Waals surface area contributed by atoms with Gasteiger partial charge in [-0.05, 0) is 23.1 Å². The van der Waals surface area contributed by atoms with Gasteiger partial charge < -0.3 is 14.7 Å². The van der Waals surface area contributed by atoms with Crippen molar-refractivity contribution in [2.24, 2.45) is 0 Å². The minimum atomic E-state index is -0.292. The molecule has 1 amide bonds. The summed E-state index contributed by atoms with van der Waals surface area (Å²) < 4.78 is 4.70. The van der Waals surface area contributed by atoms with Crippen LogP contribution in [-0.4, -0.2) is 29.8 Å². The van der Waals surface area contributed by atoms with E-state index in [0.717, 1.165) is 17.5 Å². The predicted octanol–water partition coefficient (Wildman–Crippen LogP) is 1.30. The molecule has 0 saturated heterocycles. The first-order valence-electron chi connectivity index (χ1n) is 5.29. The van der Waals surface area contributed by atoms with Crippen molar-refractivity contribution in [2.75, 3.05) is 13.7 Å². The lowest BCUT2D eigenvalue weighted by atomic mass is 9.98. The Morgan fingerprint density at radius 2 is 2.31 bits per heavy atom. The predicted molar refractivity (Wildman–Crippen MR) is 58.9 cm³/mol. The zero-order chi connectivity index (χ0) is 11.5. The van der Waals surface area contributed by atoms with Gasteiger partial charge in [-0.3, -0.25) is 0 Å². The van der Waals surface area contributed by atoms with E-state index in [1.54, 1.807) is 4.90 Å². The standard InChI is InChI=1S/C12H15NO3/c1-16-12(15)13-5-4-10-3-2-9(8-14)6-11(10)7-13/h2-3,6,14H,4-5,7-8H2,1H3. The van der Waals surface area contributed by atoms with Crippen LogP contribution in [0.15, 0.2) is 18.2 Å². The first-order valence-corrected chi connectivity index (χ1v) is 5.29. The molecule has 0 radical (unpaired) electrons. The van der Waals surface area contributed by atoms with Crippen LogP contribution in [0.5, 0.6) is 0 Å². The number of hydrogen-bond donors (Lipinski definition) is 1. The summed E-state index contributed by atoms with van der Waals surface area (Å²) in [6.07, 6.45) is 0.552. The Labute approximate surface area is 94.4 Å². The van der Waals surface area contributed by atoms with Crippen molar-refractivity contribution in [3.05, 3.63) is 34.9 Å². The molecule has 1 heterocycles. The maximum absolute atomic E-state index is 11.4. The minimum absolute atomic E-state index is 0.0332. The lowest BCUT2D eigenvalue weighted by Crippen LogP contribution is -2.35. The first kappa shape index (κ1) is 11.0. The Balaban J connectivity index is 2.21. The number of carbonyl (C=O) groups is 1. The number of aliphatic hydroxyl groups is 1. The van der Waals surface area contributed by atoms with E-state index in [1.165, 1.54) is 12.7 Å². The summed E-state index contributed by atoms with van der Waals surface area (Å²) in [5.74, 6) is 0. The van der Waals surface area contributed by atoms with E-state index in [-0.39, 0.29) is 12.7 Å². The van der Waals surface area contributed by atoms with Crippen LogP contribution in [0.3, 0.4) is 0 Å². The fourth-order valence-electron chi connectivity index (χ4n) is 1.99. The van der Waals surface area contributed by atoms with Crippen LogP contribution in [0.25, 0.3) is 0 Å².